The highest BCUT2D eigenvalue weighted by atomic mass is 16.5. The molecule has 5 rings (SSSR count). The topological polar surface area (TPSA) is 83.4 Å². The lowest BCUT2D eigenvalue weighted by atomic mass is 9.91. The molecule has 1 atom stereocenters. The Bertz CT molecular complexity index is 917. The molecule has 0 bridgehead atoms. The van der Waals surface area contributed by atoms with Gasteiger partial charge in [-0.3, -0.25) is 9.79 Å². The van der Waals surface area contributed by atoms with E-state index in [-0.39, 0.29) is 0 Å². The molecule has 1 fully saturated rings. The van der Waals surface area contributed by atoms with Crippen LogP contribution in [0.1, 0.15) is 36.8 Å². The molecule has 0 saturated carbocycles. The van der Waals surface area contributed by atoms with Crippen LogP contribution in [-0.2, 0) is 9.53 Å². The summed E-state index contributed by atoms with van der Waals surface area (Å²) in [5, 5.41) is 12.4. The molecule has 2 N–H and O–H groups in total. The minimum absolute atomic E-state index is 0.555. The van der Waals surface area contributed by atoms with Crippen LogP contribution in [0.2, 0.25) is 0 Å². The first kappa shape index (κ1) is 19.1. The minimum atomic E-state index is -0.846. The highest BCUT2D eigenvalue weighted by molar-refractivity contribution is 5.87. The van der Waals surface area contributed by atoms with E-state index in [1.54, 1.807) is 37.8 Å². The van der Waals surface area contributed by atoms with E-state index >= 15 is 0 Å². The second-order valence-corrected chi connectivity index (χ2v) is 7.30. The van der Waals surface area contributed by atoms with E-state index in [9.17, 15) is 4.79 Å². The van der Waals surface area contributed by atoms with Crippen molar-refractivity contribution in [2.75, 3.05) is 26.2 Å². The minimum Gasteiger partial charge on any atom is -0.481 e. The molecule has 1 aromatic rings. The third-order valence-corrected chi connectivity index (χ3v) is 5.34. The predicted molar refractivity (Wildman–Crippen MR) is 111 cm³/mol. The summed E-state index contributed by atoms with van der Waals surface area (Å²) in [6.45, 7) is 6.18. The molecule has 29 heavy (non-hydrogen) atoms. The average molecular weight is 395 g/mol. The van der Waals surface area contributed by atoms with E-state index < -0.39 is 11.9 Å². The first-order valence-electron chi connectivity index (χ1n) is 9.93. The third kappa shape index (κ3) is 4.13. The maximum absolute atomic E-state index is 11.1. The molecule has 1 aromatic carbocycles. The highest BCUT2D eigenvalue weighted by Crippen LogP contribution is 2.39. The lowest BCUT2D eigenvalue weighted by Gasteiger charge is -2.33. The molecular weight excluding hydrogens is 370 g/mol. The molecular formula is C22H25N3O4. The number of aliphatic imine (C=N–C) groups is 1. The fraction of sp³-hybridized carbons (Fsp3) is 0.364. The van der Waals surface area contributed by atoms with Crippen molar-refractivity contribution in [3.63, 3.8) is 0 Å². The van der Waals surface area contributed by atoms with Crippen molar-refractivity contribution in [1.82, 2.24) is 10.2 Å². The van der Waals surface area contributed by atoms with Crippen molar-refractivity contribution >= 4 is 17.5 Å². The number of aliphatic carboxylic acids is 1. The fourth-order valence-electron chi connectivity index (χ4n) is 3.61. The molecule has 0 radical (unpaired) electrons. The number of fused-ring (bicyclic) bond motifs is 4. The first-order chi connectivity index (χ1) is 14.1. The number of benzene rings is 1. The lowest BCUT2D eigenvalue weighted by molar-refractivity contribution is -0.138. The normalized spacial score (nSPS) is 19.8. The lowest BCUT2D eigenvalue weighted by Crippen LogP contribution is -2.49. The Hall–Kier alpha value is -3.22. The van der Waals surface area contributed by atoms with Gasteiger partial charge in [0.1, 0.15) is 5.75 Å². The fourth-order valence-corrected chi connectivity index (χ4v) is 3.61. The number of guanidine groups is 1. The molecule has 4 aliphatic heterocycles. The van der Waals surface area contributed by atoms with Crippen LogP contribution in [0.5, 0.6) is 5.75 Å². The molecule has 0 aliphatic carbocycles. The molecule has 0 spiro atoms. The van der Waals surface area contributed by atoms with Crippen LogP contribution in [0.25, 0.3) is 5.57 Å². The Morgan fingerprint density at radius 1 is 1.28 bits per heavy atom. The van der Waals surface area contributed by atoms with E-state index in [1.807, 2.05) is 12.1 Å². The second kappa shape index (κ2) is 8.43. The maximum atomic E-state index is 11.1. The van der Waals surface area contributed by atoms with Crippen molar-refractivity contribution in [2.45, 2.75) is 25.7 Å². The van der Waals surface area contributed by atoms with Gasteiger partial charge in [0, 0.05) is 42.9 Å². The summed E-state index contributed by atoms with van der Waals surface area (Å²) in [7, 11) is 0. The van der Waals surface area contributed by atoms with Gasteiger partial charge >= 0.3 is 5.97 Å². The maximum Gasteiger partial charge on any atom is 0.310 e. The van der Waals surface area contributed by atoms with E-state index in [4.69, 9.17) is 14.6 Å². The van der Waals surface area contributed by atoms with Crippen molar-refractivity contribution in [1.29, 1.82) is 0 Å². The Labute approximate surface area is 170 Å². The van der Waals surface area contributed by atoms with Crippen LogP contribution < -0.4 is 10.1 Å². The van der Waals surface area contributed by atoms with Gasteiger partial charge in [0.2, 0.25) is 0 Å². The number of rotatable bonds is 2. The van der Waals surface area contributed by atoms with Crippen LogP contribution in [-0.4, -0.2) is 48.1 Å². The average Bonchev–Trinajstić information content (AvgIpc) is 2.78. The monoisotopic (exact) mass is 395 g/mol. The molecule has 152 valence electrons. The van der Waals surface area contributed by atoms with Crippen molar-refractivity contribution in [3.05, 3.63) is 59.8 Å². The van der Waals surface area contributed by atoms with E-state index in [1.165, 1.54) is 25.9 Å². The molecule has 0 amide bonds. The highest BCUT2D eigenvalue weighted by Gasteiger charge is 2.22. The number of allylic oxidation sites excluding steroid dienone is 3. The van der Waals surface area contributed by atoms with Gasteiger partial charge in [-0.1, -0.05) is 6.07 Å². The summed E-state index contributed by atoms with van der Waals surface area (Å²) in [6, 6.07) is 5.41. The van der Waals surface area contributed by atoms with Gasteiger partial charge in [0.25, 0.3) is 0 Å². The van der Waals surface area contributed by atoms with Crippen molar-refractivity contribution in [3.8, 4) is 5.75 Å². The Balaban J connectivity index is 0.000000171. The summed E-state index contributed by atoms with van der Waals surface area (Å²) >= 11 is 0. The van der Waals surface area contributed by atoms with Crippen molar-refractivity contribution < 1.29 is 19.4 Å². The van der Waals surface area contributed by atoms with Crippen LogP contribution in [0.15, 0.2) is 53.6 Å². The van der Waals surface area contributed by atoms with Gasteiger partial charge in [0.05, 0.1) is 24.7 Å². The molecule has 0 aromatic heterocycles. The zero-order chi connectivity index (χ0) is 20.2. The molecule has 4 aliphatic rings. The molecule has 1 saturated heterocycles. The first-order valence-corrected chi connectivity index (χ1v) is 9.93. The van der Waals surface area contributed by atoms with Crippen LogP contribution >= 0.6 is 0 Å². The summed E-state index contributed by atoms with van der Waals surface area (Å²) in [5.74, 6) is 0.439. The summed E-state index contributed by atoms with van der Waals surface area (Å²) in [4.78, 5) is 17.8. The number of ether oxygens (including phenoxy) is 2. The molecule has 7 nitrogen and oxygen atoms in total. The van der Waals surface area contributed by atoms with Gasteiger partial charge in [-0.15, -0.1) is 0 Å². The van der Waals surface area contributed by atoms with Gasteiger partial charge < -0.3 is 24.8 Å². The number of nitrogens with one attached hydrogen (secondary N) is 1. The third-order valence-electron chi connectivity index (χ3n) is 5.34. The van der Waals surface area contributed by atoms with Crippen LogP contribution in [0, 0.1) is 0 Å². The quantitative estimate of drug-likeness (QED) is 0.801. The van der Waals surface area contributed by atoms with Gasteiger partial charge in [-0.05, 0) is 43.5 Å². The molecule has 7 heteroatoms. The standard InChI is InChI=1S/C15H12O4.C7H13N3/c1-9(15(16)17)10-2-3-14-12(6-10)13-8-18-5-4-11(13)7-19-14;1-3-8-7-9-4-2-6-10(7)5-1/h2-9H,1H3,(H,16,17);1-6H2,(H,8,9). The molecule has 1 unspecified atom stereocenters. The van der Waals surface area contributed by atoms with Crippen LogP contribution in [0.3, 0.4) is 0 Å². The summed E-state index contributed by atoms with van der Waals surface area (Å²) < 4.78 is 10.7. The number of hydrogen-bond acceptors (Lipinski definition) is 6. The molecule has 4 heterocycles. The number of carbonyl (C=O) groups is 1. The SMILES string of the molecule is C1CN=C2NCCCN2C1.CC(C(=O)O)c1ccc2c(c1)C1=COC=CC1=CO2. The number of nitrogens with zero attached hydrogens (tertiary/aromatic N) is 2. The van der Waals surface area contributed by atoms with Crippen LogP contribution in [0.4, 0.5) is 0 Å². The van der Waals surface area contributed by atoms with Gasteiger partial charge in [0.15, 0.2) is 5.96 Å². The number of hydrogen-bond donors (Lipinski definition) is 2. The van der Waals surface area contributed by atoms with Gasteiger partial charge in [-0.2, -0.15) is 0 Å². The Kier molecular flexibility index (Phi) is 5.55. The van der Waals surface area contributed by atoms with E-state index in [2.05, 4.69) is 15.2 Å². The summed E-state index contributed by atoms with van der Waals surface area (Å²) in [6.07, 6.45) is 9.18. The van der Waals surface area contributed by atoms with E-state index in [0.29, 0.717) is 5.75 Å². The van der Waals surface area contributed by atoms with Gasteiger partial charge in [-0.25, -0.2) is 0 Å². The van der Waals surface area contributed by atoms with E-state index in [0.717, 1.165) is 41.3 Å². The summed E-state index contributed by atoms with van der Waals surface area (Å²) in [5.41, 5.74) is 3.42. The zero-order valence-electron chi connectivity index (χ0n) is 16.4. The van der Waals surface area contributed by atoms with Crippen molar-refractivity contribution in [2.24, 2.45) is 4.99 Å². The number of carboxylic acid groups (broad SMARTS) is 1. The largest absolute Gasteiger partial charge is 0.481 e. The Morgan fingerprint density at radius 2 is 2.14 bits per heavy atom. The predicted octanol–water partition coefficient (Wildman–Crippen LogP) is 3.08. The Morgan fingerprint density at radius 3 is 2.97 bits per heavy atom. The second-order valence-electron chi connectivity index (χ2n) is 7.30. The zero-order valence-corrected chi connectivity index (χ0v) is 16.4. The number of carboxylic acids is 1. The smallest absolute Gasteiger partial charge is 0.310 e.